The van der Waals surface area contributed by atoms with Crippen LogP contribution in [-0.2, 0) is 22.6 Å². The molecule has 0 bridgehead atoms. The second-order valence-electron chi connectivity index (χ2n) is 8.12. The van der Waals surface area contributed by atoms with E-state index in [0.717, 1.165) is 15.6 Å². The summed E-state index contributed by atoms with van der Waals surface area (Å²) < 4.78 is 6.69. The summed E-state index contributed by atoms with van der Waals surface area (Å²) in [5.41, 5.74) is 1.92. The average molecular weight is 509 g/mol. The number of nitrogens with zero attached hydrogens (tertiary/aromatic N) is 1. The zero-order valence-electron chi connectivity index (χ0n) is 18.9. The van der Waals surface area contributed by atoms with Gasteiger partial charge < -0.3 is 15.0 Å². The zero-order chi connectivity index (χ0) is 23.6. The van der Waals surface area contributed by atoms with Crippen molar-refractivity contribution in [1.82, 2.24) is 10.2 Å². The van der Waals surface area contributed by atoms with Crippen molar-refractivity contribution in [2.45, 2.75) is 38.9 Å². The lowest BCUT2D eigenvalue weighted by Gasteiger charge is -2.32. The van der Waals surface area contributed by atoms with Gasteiger partial charge >= 0.3 is 0 Å². The van der Waals surface area contributed by atoms with Crippen molar-refractivity contribution in [2.75, 3.05) is 6.61 Å². The van der Waals surface area contributed by atoms with Gasteiger partial charge in [-0.3, -0.25) is 9.59 Å². The molecule has 3 rings (SSSR count). The third kappa shape index (κ3) is 7.75. The summed E-state index contributed by atoms with van der Waals surface area (Å²) in [5.74, 6) is 0.182. The molecule has 1 N–H and O–H groups in total. The smallest absolute Gasteiger partial charge is 0.261 e. The van der Waals surface area contributed by atoms with Crippen LogP contribution < -0.4 is 10.1 Å². The molecule has 0 spiro atoms. The summed E-state index contributed by atoms with van der Waals surface area (Å²) in [6, 6.07) is 26.0. The van der Waals surface area contributed by atoms with Crippen LogP contribution in [0.2, 0.25) is 0 Å². The van der Waals surface area contributed by atoms with Crippen molar-refractivity contribution in [3.63, 3.8) is 0 Å². The summed E-state index contributed by atoms with van der Waals surface area (Å²) in [5, 5.41) is 2.99. The van der Waals surface area contributed by atoms with Crippen LogP contribution in [0.25, 0.3) is 0 Å². The highest BCUT2D eigenvalue weighted by Crippen LogP contribution is 2.18. The maximum absolute atomic E-state index is 13.4. The number of halogens is 1. The minimum absolute atomic E-state index is 0.0408. The third-order valence-corrected chi connectivity index (χ3v) is 5.60. The molecule has 0 saturated carbocycles. The Balaban J connectivity index is 1.89. The molecule has 0 heterocycles. The Bertz CT molecular complexity index is 1020. The molecular formula is C27H29BrN2O3. The van der Waals surface area contributed by atoms with Gasteiger partial charge in [-0.15, -0.1) is 0 Å². The Kier molecular flexibility index (Phi) is 9.07. The van der Waals surface area contributed by atoms with Gasteiger partial charge in [0.1, 0.15) is 11.8 Å². The molecule has 5 nitrogen and oxygen atoms in total. The first-order valence-corrected chi connectivity index (χ1v) is 11.8. The lowest BCUT2D eigenvalue weighted by molar-refractivity contribution is -0.143. The fourth-order valence-electron chi connectivity index (χ4n) is 3.47. The van der Waals surface area contributed by atoms with Crippen LogP contribution in [0.5, 0.6) is 5.75 Å². The second-order valence-corrected chi connectivity index (χ2v) is 9.03. The number of hydrogen-bond donors (Lipinski definition) is 1. The molecule has 0 radical (unpaired) electrons. The van der Waals surface area contributed by atoms with Gasteiger partial charge in [-0.2, -0.15) is 0 Å². The summed E-state index contributed by atoms with van der Waals surface area (Å²) in [7, 11) is 0. The lowest BCUT2D eigenvalue weighted by Crippen LogP contribution is -2.52. The van der Waals surface area contributed by atoms with Gasteiger partial charge in [0, 0.05) is 23.5 Å². The Morgan fingerprint density at radius 1 is 0.879 bits per heavy atom. The van der Waals surface area contributed by atoms with Gasteiger partial charge in [0.05, 0.1) is 0 Å². The van der Waals surface area contributed by atoms with E-state index in [1.54, 1.807) is 17.0 Å². The average Bonchev–Trinajstić information content (AvgIpc) is 2.82. The monoisotopic (exact) mass is 508 g/mol. The molecule has 0 aliphatic heterocycles. The lowest BCUT2D eigenvalue weighted by atomic mass is 10.0. The van der Waals surface area contributed by atoms with Crippen LogP contribution in [0.3, 0.4) is 0 Å². The van der Waals surface area contributed by atoms with E-state index in [9.17, 15) is 9.59 Å². The molecule has 33 heavy (non-hydrogen) atoms. The second kappa shape index (κ2) is 12.2. The number of para-hydroxylation sites is 1. The van der Waals surface area contributed by atoms with Crippen LogP contribution in [-0.4, -0.2) is 35.4 Å². The highest BCUT2D eigenvalue weighted by Gasteiger charge is 2.31. The molecule has 2 amide bonds. The van der Waals surface area contributed by atoms with Gasteiger partial charge in [0.2, 0.25) is 5.91 Å². The predicted molar refractivity (Wildman–Crippen MR) is 134 cm³/mol. The van der Waals surface area contributed by atoms with E-state index in [0.29, 0.717) is 18.7 Å². The number of carbonyl (C=O) groups excluding carboxylic acids is 2. The zero-order valence-corrected chi connectivity index (χ0v) is 20.5. The van der Waals surface area contributed by atoms with E-state index in [1.807, 2.05) is 86.6 Å². The molecule has 1 atom stereocenters. The predicted octanol–water partition coefficient (Wildman–Crippen LogP) is 4.99. The fraction of sp³-hybridized carbons (Fsp3) is 0.259. The van der Waals surface area contributed by atoms with E-state index in [1.165, 1.54) is 0 Å². The molecule has 0 aliphatic carbocycles. The summed E-state index contributed by atoms with van der Waals surface area (Å²) >= 11 is 3.45. The Labute approximate surface area is 203 Å². The normalized spacial score (nSPS) is 11.6. The van der Waals surface area contributed by atoms with Crippen molar-refractivity contribution in [3.8, 4) is 5.75 Å². The SMILES string of the molecule is CC(C)NC(=O)[C@@H](Cc1ccccc1)N(Cc1ccc(Br)cc1)C(=O)COc1ccccc1. The van der Waals surface area contributed by atoms with Gasteiger partial charge in [0.25, 0.3) is 5.91 Å². The standard InChI is InChI=1S/C27H29BrN2O3/c1-20(2)29-27(32)25(17-21-9-5-3-6-10-21)30(18-22-13-15-23(28)16-14-22)26(31)19-33-24-11-7-4-8-12-24/h3-16,20,25H,17-19H2,1-2H3,(H,29,32)/t25-/m1/s1. The van der Waals surface area contributed by atoms with Gasteiger partial charge in [-0.05, 0) is 49.2 Å². The minimum Gasteiger partial charge on any atom is -0.484 e. The fourth-order valence-corrected chi connectivity index (χ4v) is 3.73. The van der Waals surface area contributed by atoms with Crippen LogP contribution in [0.15, 0.2) is 89.4 Å². The van der Waals surface area contributed by atoms with Crippen molar-refractivity contribution in [2.24, 2.45) is 0 Å². The quantitative estimate of drug-likeness (QED) is 0.419. The summed E-state index contributed by atoms with van der Waals surface area (Å²) in [6.45, 7) is 3.97. The summed E-state index contributed by atoms with van der Waals surface area (Å²) in [6.07, 6.45) is 0.410. The van der Waals surface area contributed by atoms with E-state index < -0.39 is 6.04 Å². The molecule has 3 aromatic rings. The summed E-state index contributed by atoms with van der Waals surface area (Å²) in [4.78, 5) is 28.3. The minimum atomic E-state index is -0.676. The number of hydrogen-bond acceptors (Lipinski definition) is 3. The van der Waals surface area contributed by atoms with Crippen molar-refractivity contribution in [1.29, 1.82) is 0 Å². The maximum atomic E-state index is 13.4. The van der Waals surface area contributed by atoms with Crippen molar-refractivity contribution < 1.29 is 14.3 Å². The maximum Gasteiger partial charge on any atom is 0.261 e. The highest BCUT2D eigenvalue weighted by atomic mass is 79.9. The molecule has 0 aromatic heterocycles. The Hall–Kier alpha value is -3.12. The van der Waals surface area contributed by atoms with Gasteiger partial charge in [0.15, 0.2) is 6.61 Å². The number of carbonyl (C=O) groups is 2. The van der Waals surface area contributed by atoms with E-state index in [4.69, 9.17) is 4.74 Å². The van der Waals surface area contributed by atoms with Crippen LogP contribution in [0.1, 0.15) is 25.0 Å². The number of ether oxygens (including phenoxy) is 1. The van der Waals surface area contributed by atoms with Crippen molar-refractivity contribution in [3.05, 3.63) is 101 Å². The first kappa shape index (κ1) is 24.5. The van der Waals surface area contributed by atoms with Crippen LogP contribution in [0, 0.1) is 0 Å². The number of amides is 2. The molecule has 3 aromatic carbocycles. The Morgan fingerprint density at radius 2 is 1.48 bits per heavy atom. The first-order chi connectivity index (χ1) is 15.9. The van der Waals surface area contributed by atoms with E-state index in [-0.39, 0.29) is 24.5 Å². The molecule has 6 heteroatoms. The third-order valence-electron chi connectivity index (χ3n) is 5.07. The largest absolute Gasteiger partial charge is 0.484 e. The molecule has 0 aliphatic rings. The van der Waals surface area contributed by atoms with Gasteiger partial charge in [-0.25, -0.2) is 0 Å². The molecule has 0 fully saturated rings. The first-order valence-electron chi connectivity index (χ1n) is 11.0. The topological polar surface area (TPSA) is 58.6 Å². The van der Waals surface area contributed by atoms with Gasteiger partial charge in [-0.1, -0.05) is 76.6 Å². The highest BCUT2D eigenvalue weighted by molar-refractivity contribution is 9.10. The number of rotatable bonds is 10. The molecule has 0 saturated heterocycles. The van der Waals surface area contributed by atoms with E-state index >= 15 is 0 Å². The molecule has 172 valence electrons. The van der Waals surface area contributed by atoms with Crippen LogP contribution in [0.4, 0.5) is 0 Å². The Morgan fingerprint density at radius 3 is 2.09 bits per heavy atom. The molecular weight excluding hydrogens is 480 g/mol. The number of nitrogens with one attached hydrogen (secondary N) is 1. The van der Waals surface area contributed by atoms with E-state index in [2.05, 4.69) is 21.2 Å². The molecule has 0 unspecified atom stereocenters. The van der Waals surface area contributed by atoms with Crippen molar-refractivity contribution >= 4 is 27.7 Å². The van der Waals surface area contributed by atoms with Crippen LogP contribution >= 0.6 is 15.9 Å². The number of benzene rings is 3.